The van der Waals surface area contributed by atoms with Crippen LogP contribution in [0.1, 0.15) is 374 Å². The standard InChI is InChI=1S/C83H150O17P2/c1-5-9-13-17-21-25-29-33-37-38-42-44-48-52-56-60-64-68-81(86)94-74-79(100-83(88)70-66-62-58-54-50-46-41-36-32-28-24-20-16-12-8-4)76-98-102(91,92)96-72-77(84)71-95-101(89,90)97-75-78(99-82(87)69-65-61-57-53-49-45-40-35-31-27-23-19-15-11-7-3)73-93-80(85)67-63-59-55-51-47-43-39-34-30-26-22-18-14-10-6-2/h9,13,21,25,33-37,39-41,77-79,84H,5-8,10-12,14-20,22-24,26-32,38,42-76H2,1-4H3,(H,89,90)(H,91,92)/b13-9-,25-21-,37-33-,39-34-,40-35-,41-36-. The highest BCUT2D eigenvalue weighted by atomic mass is 31.2. The van der Waals surface area contributed by atoms with Crippen LogP contribution in [0.2, 0.25) is 0 Å². The number of allylic oxidation sites excluding steroid dienone is 12. The third kappa shape index (κ3) is 74.8. The van der Waals surface area contributed by atoms with Crippen LogP contribution in [-0.4, -0.2) is 96.7 Å². The molecule has 0 heterocycles. The fraction of sp³-hybridized carbons (Fsp3) is 0.807. The van der Waals surface area contributed by atoms with Crippen LogP contribution in [0, 0.1) is 0 Å². The Morgan fingerprint density at radius 3 is 0.794 bits per heavy atom. The van der Waals surface area contributed by atoms with Gasteiger partial charge in [-0.25, -0.2) is 9.13 Å². The Balaban J connectivity index is 5.35. The first kappa shape index (κ1) is 98.5. The molecule has 0 bridgehead atoms. The highest BCUT2D eigenvalue weighted by molar-refractivity contribution is 7.47. The van der Waals surface area contributed by atoms with E-state index < -0.39 is 97.5 Å². The molecule has 0 radical (unpaired) electrons. The lowest BCUT2D eigenvalue weighted by atomic mass is 10.1. The molecule has 5 atom stereocenters. The molecular formula is C83H150O17P2. The van der Waals surface area contributed by atoms with E-state index in [0.29, 0.717) is 25.7 Å². The zero-order valence-electron chi connectivity index (χ0n) is 65.0. The summed E-state index contributed by atoms with van der Waals surface area (Å²) in [6.45, 7) is 4.78. The Kier molecular flexibility index (Phi) is 73.1. The summed E-state index contributed by atoms with van der Waals surface area (Å²) >= 11 is 0. The second-order valence-electron chi connectivity index (χ2n) is 27.7. The molecular weight excluding hydrogens is 1330 g/mol. The lowest BCUT2D eigenvalue weighted by Crippen LogP contribution is -2.30. The molecule has 0 rings (SSSR count). The zero-order valence-corrected chi connectivity index (χ0v) is 66.8. The molecule has 3 N–H and O–H groups in total. The van der Waals surface area contributed by atoms with Gasteiger partial charge in [0, 0.05) is 25.7 Å². The van der Waals surface area contributed by atoms with Gasteiger partial charge >= 0.3 is 39.5 Å². The number of esters is 4. The number of carbonyl (C=O) groups is 4. The Morgan fingerprint density at radius 2 is 0.510 bits per heavy atom. The van der Waals surface area contributed by atoms with Crippen LogP contribution in [0.25, 0.3) is 0 Å². The first-order chi connectivity index (χ1) is 49.7. The van der Waals surface area contributed by atoms with Crippen molar-refractivity contribution >= 4 is 39.5 Å². The molecule has 0 aromatic carbocycles. The Bertz CT molecular complexity index is 2210. The fourth-order valence-corrected chi connectivity index (χ4v) is 12.9. The number of phosphoric ester groups is 2. The Labute approximate surface area is 622 Å². The van der Waals surface area contributed by atoms with E-state index in [1.165, 1.54) is 116 Å². The predicted octanol–water partition coefficient (Wildman–Crippen LogP) is 24.0. The molecule has 0 aromatic rings. The quantitative estimate of drug-likeness (QED) is 0.0169. The van der Waals surface area contributed by atoms with Gasteiger partial charge in [0.05, 0.1) is 26.4 Å². The number of rotatable bonds is 78. The van der Waals surface area contributed by atoms with Gasteiger partial charge in [0.1, 0.15) is 19.3 Å². The van der Waals surface area contributed by atoms with Gasteiger partial charge in [-0.1, -0.05) is 287 Å². The van der Waals surface area contributed by atoms with Crippen LogP contribution in [0.15, 0.2) is 72.9 Å². The summed E-state index contributed by atoms with van der Waals surface area (Å²) in [6.07, 6.45) is 77.2. The number of aliphatic hydroxyl groups excluding tert-OH is 1. The second-order valence-corrected chi connectivity index (χ2v) is 30.6. The maximum absolute atomic E-state index is 13.1. The first-order valence-electron chi connectivity index (χ1n) is 41.2. The number of hydrogen-bond donors (Lipinski definition) is 3. The van der Waals surface area contributed by atoms with Crippen molar-refractivity contribution in [2.24, 2.45) is 0 Å². The molecule has 17 nitrogen and oxygen atoms in total. The third-order valence-corrected chi connectivity index (χ3v) is 19.5. The average molecular weight is 1480 g/mol. The lowest BCUT2D eigenvalue weighted by Gasteiger charge is -2.21. The van der Waals surface area contributed by atoms with Crippen molar-refractivity contribution in [3.8, 4) is 0 Å². The van der Waals surface area contributed by atoms with E-state index in [1.807, 2.05) is 0 Å². The number of aliphatic hydroxyl groups is 1. The summed E-state index contributed by atoms with van der Waals surface area (Å²) in [5.74, 6) is -2.18. The van der Waals surface area contributed by atoms with Crippen LogP contribution in [0.3, 0.4) is 0 Å². The van der Waals surface area contributed by atoms with E-state index in [-0.39, 0.29) is 25.7 Å². The molecule has 0 aliphatic carbocycles. The van der Waals surface area contributed by atoms with Gasteiger partial charge in [-0.05, 0) is 135 Å². The van der Waals surface area contributed by atoms with Gasteiger partial charge in [0.25, 0.3) is 0 Å². The molecule has 102 heavy (non-hydrogen) atoms. The van der Waals surface area contributed by atoms with Gasteiger partial charge in [0.15, 0.2) is 12.2 Å². The van der Waals surface area contributed by atoms with Gasteiger partial charge in [-0.2, -0.15) is 0 Å². The van der Waals surface area contributed by atoms with E-state index in [9.17, 15) is 43.2 Å². The SMILES string of the molecule is CC/C=C\C/C=C\C/C=C\CCCCCCCCCC(=O)OCC(COP(=O)(O)OCC(O)COP(=O)(O)OCC(COC(=O)CCCCCCC/C=C\CCCCCCCC)OC(=O)CCCCCCC/C=C\CCCCCCCC)OC(=O)CCCCCCC/C=C\CCCCCCCC. The number of carbonyl (C=O) groups excluding carboxylic acids is 4. The normalized spacial score (nSPS) is 14.2. The molecule has 0 aliphatic rings. The van der Waals surface area contributed by atoms with Crippen LogP contribution in [0.4, 0.5) is 0 Å². The van der Waals surface area contributed by atoms with Crippen LogP contribution < -0.4 is 0 Å². The summed E-state index contributed by atoms with van der Waals surface area (Å²) in [5, 5.41) is 10.6. The van der Waals surface area contributed by atoms with Gasteiger partial charge in [-0.3, -0.25) is 37.3 Å². The first-order valence-corrected chi connectivity index (χ1v) is 44.2. The summed E-state index contributed by atoms with van der Waals surface area (Å²) in [7, 11) is -9.95. The van der Waals surface area contributed by atoms with Crippen molar-refractivity contribution in [1.82, 2.24) is 0 Å². The highest BCUT2D eigenvalue weighted by Crippen LogP contribution is 2.45. The largest absolute Gasteiger partial charge is 0.472 e. The fourth-order valence-electron chi connectivity index (χ4n) is 11.3. The molecule has 5 unspecified atom stereocenters. The lowest BCUT2D eigenvalue weighted by molar-refractivity contribution is -0.161. The maximum atomic E-state index is 13.1. The third-order valence-electron chi connectivity index (χ3n) is 17.6. The monoisotopic (exact) mass is 1480 g/mol. The second kappa shape index (κ2) is 75.7. The average Bonchev–Trinajstić information content (AvgIpc) is 0.923. The number of phosphoric acid groups is 2. The summed E-state index contributed by atoms with van der Waals surface area (Å²) in [4.78, 5) is 73.1. The zero-order chi connectivity index (χ0) is 74.6. The summed E-state index contributed by atoms with van der Waals surface area (Å²) in [5.41, 5.74) is 0. The van der Waals surface area contributed by atoms with Crippen molar-refractivity contribution in [3.63, 3.8) is 0 Å². The highest BCUT2D eigenvalue weighted by Gasteiger charge is 2.30. The molecule has 0 aliphatic heterocycles. The van der Waals surface area contributed by atoms with E-state index in [4.69, 9.17) is 37.0 Å². The van der Waals surface area contributed by atoms with E-state index in [0.717, 1.165) is 180 Å². The minimum absolute atomic E-state index is 0.0852. The van der Waals surface area contributed by atoms with Crippen LogP contribution >= 0.6 is 15.6 Å². The van der Waals surface area contributed by atoms with Crippen molar-refractivity contribution < 1.29 is 80.2 Å². The minimum atomic E-state index is -4.98. The van der Waals surface area contributed by atoms with Crippen molar-refractivity contribution in [2.45, 2.75) is 393 Å². The predicted molar refractivity (Wildman–Crippen MR) is 418 cm³/mol. The number of ether oxygens (including phenoxy) is 4. The summed E-state index contributed by atoms with van der Waals surface area (Å²) < 4.78 is 68.7. The Hall–Kier alpha value is -3.50. The van der Waals surface area contributed by atoms with Crippen LogP contribution in [-0.2, 0) is 65.4 Å². The molecule has 0 fully saturated rings. The van der Waals surface area contributed by atoms with Crippen molar-refractivity contribution in [1.29, 1.82) is 0 Å². The molecule has 0 amide bonds. The molecule has 0 saturated heterocycles. The summed E-state index contributed by atoms with van der Waals surface area (Å²) in [6, 6.07) is 0. The van der Waals surface area contributed by atoms with E-state index in [2.05, 4.69) is 101 Å². The van der Waals surface area contributed by atoms with Crippen LogP contribution in [0.5, 0.6) is 0 Å². The smallest absolute Gasteiger partial charge is 0.462 e. The molecule has 0 saturated carbocycles. The van der Waals surface area contributed by atoms with Gasteiger partial charge < -0.3 is 33.8 Å². The van der Waals surface area contributed by atoms with E-state index >= 15 is 0 Å². The maximum Gasteiger partial charge on any atom is 0.472 e. The van der Waals surface area contributed by atoms with Gasteiger partial charge in [-0.15, -0.1) is 0 Å². The molecule has 0 aromatic heterocycles. The van der Waals surface area contributed by atoms with E-state index in [1.54, 1.807) is 0 Å². The number of hydrogen-bond acceptors (Lipinski definition) is 15. The topological polar surface area (TPSA) is 237 Å². The number of unbranched alkanes of at least 4 members (excludes halogenated alkanes) is 40. The molecule has 19 heteroatoms. The van der Waals surface area contributed by atoms with Crippen molar-refractivity contribution in [2.75, 3.05) is 39.6 Å². The van der Waals surface area contributed by atoms with Gasteiger partial charge in [0.2, 0.25) is 0 Å². The van der Waals surface area contributed by atoms with Crippen molar-refractivity contribution in [3.05, 3.63) is 72.9 Å². The molecule has 594 valence electrons. The Morgan fingerprint density at radius 1 is 0.284 bits per heavy atom. The molecule has 0 spiro atoms. The minimum Gasteiger partial charge on any atom is -0.462 e.